The zero-order chi connectivity index (χ0) is 19.3. The second kappa shape index (κ2) is 8.59. The van der Waals surface area contributed by atoms with Gasteiger partial charge in [-0.05, 0) is 36.4 Å². The Morgan fingerprint density at radius 2 is 1.75 bits per heavy atom. The first-order valence-electron chi connectivity index (χ1n) is 9.44. The van der Waals surface area contributed by atoms with Crippen molar-refractivity contribution < 1.29 is 9.53 Å². The number of ether oxygens (including phenoxy) is 1. The monoisotopic (exact) mass is 395 g/mol. The van der Waals surface area contributed by atoms with Gasteiger partial charge >= 0.3 is 0 Å². The Balaban J connectivity index is 1.30. The van der Waals surface area contributed by atoms with E-state index < -0.39 is 0 Å². The van der Waals surface area contributed by atoms with Crippen LogP contribution in [0.25, 0.3) is 10.9 Å². The van der Waals surface area contributed by atoms with E-state index >= 15 is 0 Å². The number of pyridine rings is 1. The van der Waals surface area contributed by atoms with Gasteiger partial charge < -0.3 is 9.64 Å². The third-order valence-corrected chi connectivity index (χ3v) is 5.28. The van der Waals surface area contributed by atoms with E-state index in [1.165, 1.54) is 0 Å². The summed E-state index contributed by atoms with van der Waals surface area (Å²) < 4.78 is 5.77. The summed E-state index contributed by atoms with van der Waals surface area (Å²) >= 11 is 5.88. The van der Waals surface area contributed by atoms with Gasteiger partial charge in [0.15, 0.2) is 0 Å². The first-order chi connectivity index (χ1) is 13.7. The minimum atomic E-state index is 0.0793. The van der Waals surface area contributed by atoms with Crippen molar-refractivity contribution in [2.75, 3.05) is 39.3 Å². The lowest BCUT2D eigenvalue weighted by Crippen LogP contribution is -2.49. The largest absolute Gasteiger partial charge is 0.492 e. The summed E-state index contributed by atoms with van der Waals surface area (Å²) in [6, 6.07) is 17.0. The highest BCUT2D eigenvalue weighted by Crippen LogP contribution is 2.19. The van der Waals surface area contributed by atoms with Gasteiger partial charge in [0, 0.05) is 49.3 Å². The van der Waals surface area contributed by atoms with Crippen LogP contribution in [-0.2, 0) is 0 Å². The maximum absolute atomic E-state index is 13.0. The van der Waals surface area contributed by atoms with Crippen LogP contribution in [0.3, 0.4) is 0 Å². The zero-order valence-corrected chi connectivity index (χ0v) is 16.3. The Kier molecular flexibility index (Phi) is 5.74. The quantitative estimate of drug-likeness (QED) is 0.660. The standard InChI is InChI=1S/C22H22ClN3O2/c23-17-5-7-18(8-6-17)28-16-15-25-11-13-26(14-12-25)22(27)20-9-10-24-21-4-2-1-3-19(20)21/h1-10H,11-16H2. The van der Waals surface area contributed by atoms with E-state index in [4.69, 9.17) is 16.3 Å². The van der Waals surface area contributed by atoms with Gasteiger partial charge in [0.1, 0.15) is 12.4 Å². The van der Waals surface area contributed by atoms with Crippen LogP contribution in [0, 0.1) is 0 Å². The molecule has 0 spiro atoms. The lowest BCUT2D eigenvalue weighted by atomic mass is 10.1. The van der Waals surface area contributed by atoms with E-state index in [0.717, 1.165) is 54.9 Å². The fourth-order valence-electron chi connectivity index (χ4n) is 3.45. The van der Waals surface area contributed by atoms with Crippen molar-refractivity contribution in [2.45, 2.75) is 0 Å². The van der Waals surface area contributed by atoms with E-state index in [-0.39, 0.29) is 5.91 Å². The van der Waals surface area contributed by atoms with Crippen LogP contribution >= 0.6 is 11.6 Å². The van der Waals surface area contributed by atoms with Gasteiger partial charge in [0.25, 0.3) is 5.91 Å². The summed E-state index contributed by atoms with van der Waals surface area (Å²) in [6.45, 7) is 4.58. The summed E-state index contributed by atoms with van der Waals surface area (Å²) in [4.78, 5) is 21.6. The molecule has 0 saturated carbocycles. The first kappa shape index (κ1) is 18.7. The van der Waals surface area contributed by atoms with Gasteiger partial charge in [0.05, 0.1) is 11.1 Å². The van der Waals surface area contributed by atoms with Crippen LogP contribution < -0.4 is 4.74 Å². The topological polar surface area (TPSA) is 45.7 Å². The number of fused-ring (bicyclic) bond motifs is 1. The summed E-state index contributed by atoms with van der Waals surface area (Å²) in [7, 11) is 0. The molecule has 0 bridgehead atoms. The number of carbonyl (C=O) groups is 1. The molecule has 6 heteroatoms. The third kappa shape index (κ3) is 4.26. The molecule has 3 aromatic rings. The number of aromatic nitrogens is 1. The predicted octanol–water partition coefficient (Wildman–Crippen LogP) is 3.73. The molecular formula is C22H22ClN3O2. The average Bonchev–Trinajstić information content (AvgIpc) is 2.75. The fraction of sp³-hybridized carbons (Fsp3) is 0.273. The molecule has 4 rings (SSSR count). The van der Waals surface area contributed by atoms with Gasteiger partial charge in [-0.25, -0.2) is 0 Å². The second-order valence-electron chi connectivity index (χ2n) is 6.81. The SMILES string of the molecule is O=C(c1ccnc2ccccc12)N1CCN(CCOc2ccc(Cl)cc2)CC1. The number of carbonyl (C=O) groups excluding carboxylic acids is 1. The minimum absolute atomic E-state index is 0.0793. The van der Waals surface area contributed by atoms with Crippen molar-refractivity contribution in [2.24, 2.45) is 0 Å². The molecule has 1 fully saturated rings. The second-order valence-corrected chi connectivity index (χ2v) is 7.25. The van der Waals surface area contributed by atoms with E-state index in [1.807, 2.05) is 59.5 Å². The molecule has 0 N–H and O–H groups in total. The Bertz CT molecular complexity index is 948. The lowest BCUT2D eigenvalue weighted by Gasteiger charge is -2.34. The Morgan fingerprint density at radius 1 is 1.00 bits per heavy atom. The Labute approximate surface area is 169 Å². The number of rotatable bonds is 5. The number of hydrogen-bond donors (Lipinski definition) is 0. The normalized spacial score (nSPS) is 15.0. The molecular weight excluding hydrogens is 374 g/mol. The number of para-hydroxylation sites is 1. The smallest absolute Gasteiger partial charge is 0.254 e. The molecule has 0 atom stereocenters. The van der Waals surface area contributed by atoms with Crippen molar-refractivity contribution in [3.8, 4) is 5.75 Å². The maximum atomic E-state index is 13.0. The minimum Gasteiger partial charge on any atom is -0.492 e. The van der Waals surface area contributed by atoms with Gasteiger partial charge in [0.2, 0.25) is 0 Å². The van der Waals surface area contributed by atoms with Gasteiger partial charge in [-0.1, -0.05) is 29.8 Å². The number of nitrogens with zero attached hydrogens (tertiary/aromatic N) is 3. The summed E-state index contributed by atoms with van der Waals surface area (Å²) in [6.07, 6.45) is 1.71. The van der Waals surface area contributed by atoms with Crippen LogP contribution in [0.1, 0.15) is 10.4 Å². The van der Waals surface area contributed by atoms with E-state index in [0.29, 0.717) is 11.6 Å². The first-order valence-corrected chi connectivity index (χ1v) is 9.82. The molecule has 1 amide bonds. The molecule has 2 aromatic carbocycles. The number of amides is 1. The van der Waals surface area contributed by atoms with Crippen molar-refractivity contribution in [3.63, 3.8) is 0 Å². The molecule has 28 heavy (non-hydrogen) atoms. The van der Waals surface area contributed by atoms with Gasteiger partial charge in [-0.3, -0.25) is 14.7 Å². The van der Waals surface area contributed by atoms with E-state index in [1.54, 1.807) is 6.20 Å². The van der Waals surface area contributed by atoms with Crippen LogP contribution in [-0.4, -0.2) is 60.0 Å². The fourth-order valence-corrected chi connectivity index (χ4v) is 3.58. The van der Waals surface area contributed by atoms with Gasteiger partial charge in [-0.15, -0.1) is 0 Å². The highest BCUT2D eigenvalue weighted by atomic mass is 35.5. The molecule has 144 valence electrons. The van der Waals surface area contributed by atoms with Crippen LogP contribution in [0.4, 0.5) is 0 Å². The number of benzene rings is 2. The van der Waals surface area contributed by atoms with Crippen molar-refractivity contribution in [1.29, 1.82) is 0 Å². The molecule has 5 nitrogen and oxygen atoms in total. The summed E-state index contributed by atoms with van der Waals surface area (Å²) in [5, 5.41) is 1.61. The van der Waals surface area contributed by atoms with Crippen LogP contribution in [0.5, 0.6) is 5.75 Å². The maximum Gasteiger partial charge on any atom is 0.254 e. The summed E-state index contributed by atoms with van der Waals surface area (Å²) in [5.41, 5.74) is 1.58. The molecule has 0 unspecified atom stereocenters. The zero-order valence-electron chi connectivity index (χ0n) is 15.6. The Morgan fingerprint density at radius 3 is 2.54 bits per heavy atom. The average molecular weight is 396 g/mol. The van der Waals surface area contributed by atoms with Crippen LogP contribution in [0.15, 0.2) is 60.8 Å². The summed E-state index contributed by atoms with van der Waals surface area (Å²) in [5.74, 6) is 0.901. The van der Waals surface area contributed by atoms with Crippen molar-refractivity contribution >= 4 is 28.4 Å². The molecule has 1 aromatic heterocycles. The lowest BCUT2D eigenvalue weighted by molar-refractivity contribution is 0.0622. The molecule has 1 aliphatic rings. The number of piperazine rings is 1. The van der Waals surface area contributed by atoms with Gasteiger partial charge in [-0.2, -0.15) is 0 Å². The molecule has 1 aliphatic heterocycles. The third-order valence-electron chi connectivity index (χ3n) is 5.03. The molecule has 0 radical (unpaired) electrons. The van der Waals surface area contributed by atoms with Crippen LogP contribution in [0.2, 0.25) is 5.02 Å². The van der Waals surface area contributed by atoms with Crippen molar-refractivity contribution in [1.82, 2.24) is 14.8 Å². The highest BCUT2D eigenvalue weighted by molar-refractivity contribution is 6.30. The van der Waals surface area contributed by atoms with E-state index in [2.05, 4.69) is 9.88 Å². The molecule has 0 aliphatic carbocycles. The Hall–Kier alpha value is -2.63. The van der Waals surface area contributed by atoms with Crippen molar-refractivity contribution in [3.05, 3.63) is 71.4 Å². The van der Waals surface area contributed by atoms with E-state index in [9.17, 15) is 4.79 Å². The predicted molar refractivity (Wildman–Crippen MR) is 111 cm³/mol. The molecule has 2 heterocycles. The molecule has 1 saturated heterocycles. The number of halogens is 1. The number of hydrogen-bond acceptors (Lipinski definition) is 4. The highest BCUT2D eigenvalue weighted by Gasteiger charge is 2.23.